The average Bonchev–Trinajstić information content (AvgIpc) is 2.78. The van der Waals surface area contributed by atoms with Gasteiger partial charge in [0, 0.05) is 22.3 Å². The fourth-order valence-electron chi connectivity index (χ4n) is 4.45. The van der Waals surface area contributed by atoms with Crippen LogP contribution in [0.5, 0.6) is 11.5 Å². The van der Waals surface area contributed by atoms with Crippen LogP contribution in [0, 0.1) is 34.6 Å². The van der Waals surface area contributed by atoms with Crippen LogP contribution in [-0.2, 0) is 4.57 Å². The molecule has 170 valence electrons. The summed E-state index contributed by atoms with van der Waals surface area (Å²) in [5, 5.41) is 0.180. The lowest BCUT2D eigenvalue weighted by Gasteiger charge is -2.17. The van der Waals surface area contributed by atoms with Crippen molar-refractivity contribution >= 4 is 24.4 Å². The van der Waals surface area contributed by atoms with Crippen molar-refractivity contribution in [3.05, 3.63) is 87.0 Å². The number of hydrogen-bond acceptors (Lipinski definition) is 5. The number of aryl methyl sites for hydroxylation is 3. The van der Waals surface area contributed by atoms with Crippen LogP contribution in [-0.4, -0.2) is 25.5 Å². The van der Waals surface area contributed by atoms with Crippen LogP contribution < -0.4 is 14.8 Å². The standard InChI is InChI=1S/C27H28O5P/c1-15-13-16(2)21(17(3)14-15)27(29)33(30)26-24(31-6)18(4)22(19(5)25(26)32-7)23(28)20-11-9-8-10-12-20/h8-14H,1-7H3/q+1. The van der Waals surface area contributed by atoms with Crippen molar-refractivity contribution in [3.8, 4) is 11.5 Å². The summed E-state index contributed by atoms with van der Waals surface area (Å²) in [6, 6.07) is 12.7. The molecule has 0 fully saturated rings. The molecular weight excluding hydrogens is 435 g/mol. The monoisotopic (exact) mass is 463 g/mol. The van der Waals surface area contributed by atoms with Crippen molar-refractivity contribution < 1.29 is 23.6 Å². The first kappa shape index (κ1) is 24.3. The van der Waals surface area contributed by atoms with Crippen LogP contribution in [0.2, 0.25) is 0 Å². The largest absolute Gasteiger partial charge is 0.492 e. The van der Waals surface area contributed by atoms with Gasteiger partial charge in [0.15, 0.2) is 17.3 Å². The fourth-order valence-corrected chi connectivity index (χ4v) is 6.09. The molecule has 1 unspecified atom stereocenters. The third-order valence-corrected chi connectivity index (χ3v) is 7.22. The number of methoxy groups -OCH3 is 2. The van der Waals surface area contributed by atoms with E-state index in [4.69, 9.17) is 9.47 Å². The molecular formula is C27H28O5P+. The molecule has 0 amide bonds. The van der Waals surface area contributed by atoms with E-state index < -0.39 is 13.3 Å². The van der Waals surface area contributed by atoms with Crippen molar-refractivity contribution in [3.63, 3.8) is 0 Å². The van der Waals surface area contributed by atoms with Gasteiger partial charge in [0.25, 0.3) is 5.30 Å². The van der Waals surface area contributed by atoms with Gasteiger partial charge in [-0.05, 0) is 45.7 Å². The Morgan fingerprint density at radius 3 is 1.70 bits per heavy atom. The van der Waals surface area contributed by atoms with Gasteiger partial charge in [-0.3, -0.25) is 4.79 Å². The van der Waals surface area contributed by atoms with Gasteiger partial charge in [-0.1, -0.05) is 52.6 Å². The molecule has 3 aromatic carbocycles. The highest BCUT2D eigenvalue weighted by molar-refractivity contribution is 7.72. The summed E-state index contributed by atoms with van der Waals surface area (Å²) in [5.74, 6) is 0.266. The zero-order chi connectivity index (χ0) is 24.4. The van der Waals surface area contributed by atoms with Crippen LogP contribution in [0.4, 0.5) is 0 Å². The molecule has 0 aliphatic carbocycles. The third-order valence-electron chi connectivity index (χ3n) is 5.81. The number of carbonyl (C=O) groups is 2. The Balaban J connectivity index is 2.24. The predicted molar refractivity (Wildman–Crippen MR) is 131 cm³/mol. The van der Waals surface area contributed by atoms with E-state index in [1.807, 2.05) is 39.0 Å². The highest BCUT2D eigenvalue weighted by Gasteiger charge is 2.43. The fraction of sp³-hybridized carbons (Fsp3) is 0.259. The zero-order valence-corrected chi connectivity index (χ0v) is 20.9. The molecule has 0 saturated carbocycles. The van der Waals surface area contributed by atoms with Gasteiger partial charge in [-0.2, -0.15) is 0 Å². The van der Waals surface area contributed by atoms with Crippen LogP contribution in [0.1, 0.15) is 54.1 Å². The molecule has 0 bridgehead atoms. The Bertz CT molecular complexity index is 1220. The van der Waals surface area contributed by atoms with Crippen LogP contribution in [0.15, 0.2) is 42.5 Å². The Morgan fingerprint density at radius 1 is 0.758 bits per heavy atom. The summed E-state index contributed by atoms with van der Waals surface area (Å²) in [5.41, 5.74) is 4.49. The number of carbonyl (C=O) groups excluding carboxylic acids is 2. The molecule has 0 radical (unpaired) electrons. The number of hydrogen-bond donors (Lipinski definition) is 0. The van der Waals surface area contributed by atoms with Gasteiger partial charge in [-0.15, -0.1) is 0 Å². The van der Waals surface area contributed by atoms with Gasteiger partial charge in [-0.25, -0.2) is 4.79 Å². The maximum absolute atomic E-state index is 13.7. The van der Waals surface area contributed by atoms with Crippen molar-refractivity contribution in [1.29, 1.82) is 0 Å². The molecule has 6 heteroatoms. The first-order valence-electron chi connectivity index (χ1n) is 10.6. The molecule has 33 heavy (non-hydrogen) atoms. The first-order chi connectivity index (χ1) is 15.6. The van der Waals surface area contributed by atoms with Gasteiger partial charge < -0.3 is 9.47 Å². The van der Waals surface area contributed by atoms with E-state index in [-0.39, 0.29) is 22.6 Å². The summed E-state index contributed by atoms with van der Waals surface area (Å²) >= 11 is 0. The Hall–Kier alpha value is -3.30. The lowest BCUT2D eigenvalue weighted by molar-refractivity contribution is 0.103. The Labute approximate surface area is 195 Å². The second kappa shape index (κ2) is 9.68. The van der Waals surface area contributed by atoms with Crippen molar-refractivity contribution in [2.45, 2.75) is 34.6 Å². The minimum atomic E-state index is -2.58. The smallest absolute Gasteiger partial charge is 0.466 e. The minimum absolute atomic E-state index is 0.180. The number of rotatable bonds is 7. The highest BCUT2D eigenvalue weighted by atomic mass is 31.1. The Kier molecular flexibility index (Phi) is 7.14. The van der Waals surface area contributed by atoms with E-state index in [1.165, 1.54) is 14.2 Å². The number of benzene rings is 3. The van der Waals surface area contributed by atoms with Crippen LogP contribution in [0.3, 0.4) is 0 Å². The van der Waals surface area contributed by atoms with E-state index >= 15 is 0 Å². The van der Waals surface area contributed by atoms with E-state index in [9.17, 15) is 14.2 Å². The average molecular weight is 463 g/mol. The molecule has 0 N–H and O–H groups in total. The molecule has 3 rings (SSSR count). The predicted octanol–water partition coefficient (Wildman–Crippen LogP) is 5.77. The van der Waals surface area contributed by atoms with E-state index in [1.54, 1.807) is 38.1 Å². The van der Waals surface area contributed by atoms with Crippen LogP contribution >= 0.6 is 7.80 Å². The maximum atomic E-state index is 13.7. The lowest BCUT2D eigenvalue weighted by atomic mass is 9.93. The number of ether oxygens (including phenoxy) is 2. The van der Waals surface area contributed by atoms with Gasteiger partial charge >= 0.3 is 13.3 Å². The molecule has 0 spiro atoms. The third kappa shape index (κ3) is 4.34. The highest BCUT2D eigenvalue weighted by Crippen LogP contribution is 2.42. The summed E-state index contributed by atoms with van der Waals surface area (Å²) in [6.07, 6.45) is 0. The topological polar surface area (TPSA) is 69.7 Å². The van der Waals surface area contributed by atoms with E-state index in [0.717, 1.165) is 16.7 Å². The summed E-state index contributed by atoms with van der Waals surface area (Å²) in [4.78, 5) is 26.8. The summed E-state index contributed by atoms with van der Waals surface area (Å²) in [7, 11) is 0.299. The SMILES string of the molecule is COc1c(C)c(C(=O)c2ccccc2)c(C)c(OC)c1[P+](=O)C(=O)c1c(C)cc(C)cc1C. The van der Waals surface area contributed by atoms with E-state index in [0.29, 0.717) is 27.8 Å². The lowest BCUT2D eigenvalue weighted by Crippen LogP contribution is -2.19. The molecule has 0 heterocycles. The quantitative estimate of drug-likeness (QED) is 0.329. The second-order valence-electron chi connectivity index (χ2n) is 8.11. The van der Waals surface area contributed by atoms with Crippen LogP contribution in [0.25, 0.3) is 0 Å². The van der Waals surface area contributed by atoms with Gasteiger partial charge in [0.1, 0.15) is 0 Å². The Morgan fingerprint density at radius 2 is 1.24 bits per heavy atom. The summed E-state index contributed by atoms with van der Waals surface area (Å²) < 4.78 is 24.9. The molecule has 0 saturated heterocycles. The number of ketones is 1. The molecule has 0 aromatic heterocycles. The molecule has 5 nitrogen and oxygen atoms in total. The molecule has 0 aliphatic rings. The molecule has 1 atom stereocenters. The van der Waals surface area contributed by atoms with Gasteiger partial charge in [0.2, 0.25) is 0 Å². The van der Waals surface area contributed by atoms with E-state index in [2.05, 4.69) is 0 Å². The van der Waals surface area contributed by atoms with Gasteiger partial charge in [0.05, 0.1) is 19.8 Å². The second-order valence-corrected chi connectivity index (χ2v) is 9.55. The minimum Gasteiger partial charge on any atom is -0.492 e. The van der Waals surface area contributed by atoms with Crippen molar-refractivity contribution in [1.82, 2.24) is 0 Å². The molecule has 0 aliphatic heterocycles. The summed E-state index contributed by atoms with van der Waals surface area (Å²) in [6.45, 7) is 9.10. The maximum Gasteiger partial charge on any atom is 0.466 e. The normalized spacial score (nSPS) is 11.2. The van der Waals surface area contributed by atoms with Crippen molar-refractivity contribution in [2.24, 2.45) is 0 Å². The first-order valence-corrected chi connectivity index (χ1v) is 11.8. The zero-order valence-electron chi connectivity index (χ0n) is 20.0. The molecule has 3 aromatic rings. The van der Waals surface area contributed by atoms with Crippen molar-refractivity contribution in [2.75, 3.05) is 14.2 Å².